The van der Waals surface area contributed by atoms with Crippen molar-refractivity contribution in [2.24, 2.45) is 0 Å². The molecular formula is C11H7F2NO5. The van der Waals surface area contributed by atoms with Crippen molar-refractivity contribution >= 4 is 17.6 Å². The van der Waals surface area contributed by atoms with Crippen molar-refractivity contribution in [1.29, 1.82) is 0 Å². The fourth-order valence-electron chi connectivity index (χ4n) is 1.36. The lowest BCUT2D eigenvalue weighted by Gasteiger charge is -2.04. The summed E-state index contributed by atoms with van der Waals surface area (Å²) in [5.41, 5.74) is 0.167. The molecule has 0 saturated carbocycles. The number of halogens is 2. The molecule has 0 radical (unpaired) electrons. The van der Waals surface area contributed by atoms with Crippen molar-refractivity contribution in [3.05, 3.63) is 30.4 Å². The lowest BCUT2D eigenvalue weighted by Crippen LogP contribution is -2.25. The van der Waals surface area contributed by atoms with Crippen LogP contribution in [-0.4, -0.2) is 23.3 Å². The lowest BCUT2D eigenvalue weighted by molar-refractivity contribution is -0.286. The Morgan fingerprint density at radius 3 is 2.58 bits per heavy atom. The Balaban J connectivity index is 2.08. The van der Waals surface area contributed by atoms with E-state index in [9.17, 15) is 18.4 Å². The van der Waals surface area contributed by atoms with Crippen LogP contribution in [0, 0.1) is 0 Å². The monoisotopic (exact) mass is 271 g/mol. The SMILES string of the molecule is O=C(O)/C=C/C(=O)Nc1ccc2c(c1)OC(F)(F)O2. The molecule has 6 nitrogen and oxygen atoms in total. The van der Waals surface area contributed by atoms with Crippen molar-refractivity contribution < 1.29 is 33.0 Å². The van der Waals surface area contributed by atoms with Gasteiger partial charge in [-0.1, -0.05) is 0 Å². The highest BCUT2D eigenvalue weighted by Crippen LogP contribution is 2.42. The van der Waals surface area contributed by atoms with Gasteiger partial charge in [0.1, 0.15) is 0 Å². The molecule has 100 valence electrons. The van der Waals surface area contributed by atoms with Crippen LogP contribution in [0.25, 0.3) is 0 Å². The Morgan fingerprint density at radius 1 is 1.21 bits per heavy atom. The zero-order valence-corrected chi connectivity index (χ0v) is 9.22. The second-order valence-corrected chi connectivity index (χ2v) is 3.49. The molecule has 1 aromatic carbocycles. The second kappa shape index (κ2) is 4.56. The quantitative estimate of drug-likeness (QED) is 0.815. The fraction of sp³-hybridized carbons (Fsp3) is 0.0909. The topological polar surface area (TPSA) is 84.9 Å². The normalized spacial score (nSPS) is 15.5. The van der Waals surface area contributed by atoms with Crippen LogP contribution in [0.15, 0.2) is 30.4 Å². The van der Waals surface area contributed by atoms with E-state index in [1.807, 2.05) is 0 Å². The zero-order valence-electron chi connectivity index (χ0n) is 9.22. The van der Waals surface area contributed by atoms with E-state index in [2.05, 4.69) is 14.8 Å². The summed E-state index contributed by atoms with van der Waals surface area (Å²) in [6, 6.07) is 3.66. The predicted octanol–water partition coefficient (Wildman–Crippen LogP) is 1.59. The molecule has 2 N–H and O–H groups in total. The summed E-state index contributed by atoms with van der Waals surface area (Å²) in [7, 11) is 0. The van der Waals surface area contributed by atoms with Gasteiger partial charge in [0.25, 0.3) is 0 Å². The molecule has 0 fully saturated rings. The number of anilines is 1. The number of rotatable bonds is 3. The number of fused-ring (bicyclic) bond motifs is 1. The first-order valence-corrected chi connectivity index (χ1v) is 4.98. The van der Waals surface area contributed by atoms with Gasteiger partial charge in [-0.05, 0) is 12.1 Å². The minimum atomic E-state index is -3.73. The van der Waals surface area contributed by atoms with E-state index in [0.29, 0.717) is 6.08 Å². The first-order chi connectivity index (χ1) is 8.85. The van der Waals surface area contributed by atoms with E-state index >= 15 is 0 Å². The Kier molecular flexibility index (Phi) is 3.07. The summed E-state index contributed by atoms with van der Waals surface area (Å²) in [6.07, 6.45) is -2.29. The lowest BCUT2D eigenvalue weighted by atomic mass is 10.2. The molecule has 0 bridgehead atoms. The molecule has 0 unspecified atom stereocenters. The summed E-state index contributed by atoms with van der Waals surface area (Å²) in [5, 5.41) is 10.6. The number of benzene rings is 1. The number of carbonyl (C=O) groups excluding carboxylic acids is 1. The van der Waals surface area contributed by atoms with Crippen molar-refractivity contribution in [1.82, 2.24) is 0 Å². The standard InChI is InChI=1S/C11H7F2NO5/c12-11(13)18-7-2-1-6(5-8(7)19-11)14-9(15)3-4-10(16)17/h1-5H,(H,14,15)(H,16,17)/b4-3+. The summed E-state index contributed by atoms with van der Waals surface area (Å²) < 4.78 is 33.8. The number of alkyl halides is 2. The average molecular weight is 271 g/mol. The maximum atomic E-state index is 12.7. The van der Waals surface area contributed by atoms with Crippen LogP contribution in [0.5, 0.6) is 11.5 Å². The predicted molar refractivity (Wildman–Crippen MR) is 58.1 cm³/mol. The van der Waals surface area contributed by atoms with Gasteiger partial charge in [-0.2, -0.15) is 0 Å². The first kappa shape index (κ1) is 12.8. The van der Waals surface area contributed by atoms with E-state index in [0.717, 1.165) is 12.1 Å². The third-order valence-electron chi connectivity index (χ3n) is 2.05. The molecule has 0 saturated heterocycles. The number of hydrogen-bond donors (Lipinski definition) is 2. The highest BCUT2D eigenvalue weighted by atomic mass is 19.3. The van der Waals surface area contributed by atoms with Crippen molar-refractivity contribution in [3.63, 3.8) is 0 Å². The number of amides is 1. The van der Waals surface area contributed by atoms with Crippen molar-refractivity contribution in [2.75, 3.05) is 5.32 Å². The molecule has 0 aromatic heterocycles. The number of carboxylic acids is 1. The zero-order chi connectivity index (χ0) is 14.0. The Labute approximate surface area is 105 Å². The number of nitrogens with one attached hydrogen (secondary N) is 1. The van der Waals surface area contributed by atoms with E-state index in [4.69, 9.17) is 5.11 Å². The van der Waals surface area contributed by atoms with Gasteiger partial charge >= 0.3 is 12.3 Å². The highest BCUT2D eigenvalue weighted by molar-refractivity contribution is 6.02. The van der Waals surface area contributed by atoms with Gasteiger partial charge in [0.05, 0.1) is 0 Å². The maximum Gasteiger partial charge on any atom is 0.586 e. The van der Waals surface area contributed by atoms with E-state index < -0.39 is 18.2 Å². The minimum Gasteiger partial charge on any atom is -0.478 e. The van der Waals surface area contributed by atoms with Crippen molar-refractivity contribution in [2.45, 2.75) is 6.29 Å². The number of ether oxygens (including phenoxy) is 2. The van der Waals surface area contributed by atoms with E-state index in [-0.39, 0.29) is 17.2 Å². The molecule has 0 spiro atoms. The molecule has 0 aliphatic carbocycles. The Morgan fingerprint density at radius 2 is 1.89 bits per heavy atom. The van der Waals surface area contributed by atoms with Gasteiger partial charge in [0, 0.05) is 23.9 Å². The van der Waals surface area contributed by atoms with Gasteiger partial charge in [-0.3, -0.25) is 4.79 Å². The summed E-state index contributed by atoms with van der Waals surface area (Å²) in [4.78, 5) is 21.5. The smallest absolute Gasteiger partial charge is 0.478 e. The third-order valence-corrected chi connectivity index (χ3v) is 2.05. The molecule has 1 aliphatic rings. The van der Waals surface area contributed by atoms with Gasteiger partial charge in [0.2, 0.25) is 5.91 Å². The van der Waals surface area contributed by atoms with Gasteiger partial charge in [0.15, 0.2) is 11.5 Å². The van der Waals surface area contributed by atoms with Crippen LogP contribution in [-0.2, 0) is 9.59 Å². The van der Waals surface area contributed by atoms with Crippen LogP contribution in [0.2, 0.25) is 0 Å². The van der Waals surface area contributed by atoms with E-state index in [1.165, 1.54) is 12.1 Å². The third kappa shape index (κ3) is 3.18. The average Bonchev–Trinajstić information content (AvgIpc) is 2.59. The Hall–Kier alpha value is -2.64. The molecule has 8 heteroatoms. The number of carbonyl (C=O) groups is 2. The fourth-order valence-corrected chi connectivity index (χ4v) is 1.36. The maximum absolute atomic E-state index is 12.7. The van der Waals surface area contributed by atoms with Gasteiger partial charge in [-0.15, -0.1) is 8.78 Å². The number of carboxylic acid groups (broad SMARTS) is 1. The van der Waals surface area contributed by atoms with Crippen LogP contribution in [0.1, 0.15) is 0 Å². The molecular weight excluding hydrogens is 264 g/mol. The highest BCUT2D eigenvalue weighted by Gasteiger charge is 2.43. The number of aliphatic carboxylic acids is 1. The molecule has 1 heterocycles. The molecule has 2 rings (SSSR count). The van der Waals surface area contributed by atoms with Gasteiger partial charge in [-0.25, -0.2) is 4.79 Å². The molecule has 1 amide bonds. The molecule has 19 heavy (non-hydrogen) atoms. The largest absolute Gasteiger partial charge is 0.586 e. The molecule has 1 aromatic rings. The Bertz CT molecular complexity index is 570. The first-order valence-electron chi connectivity index (χ1n) is 4.98. The van der Waals surface area contributed by atoms with Crippen LogP contribution >= 0.6 is 0 Å². The summed E-state index contributed by atoms with van der Waals surface area (Å²) in [6.45, 7) is 0. The summed E-state index contributed by atoms with van der Waals surface area (Å²) in [5.74, 6) is -2.36. The number of hydrogen-bond acceptors (Lipinski definition) is 4. The van der Waals surface area contributed by atoms with Gasteiger partial charge < -0.3 is 19.9 Å². The summed E-state index contributed by atoms with van der Waals surface area (Å²) >= 11 is 0. The second-order valence-electron chi connectivity index (χ2n) is 3.49. The van der Waals surface area contributed by atoms with Crippen LogP contribution in [0.4, 0.5) is 14.5 Å². The molecule has 1 aliphatic heterocycles. The molecule has 0 atom stereocenters. The minimum absolute atomic E-state index is 0.149. The van der Waals surface area contributed by atoms with Crippen molar-refractivity contribution in [3.8, 4) is 11.5 Å². The van der Waals surface area contributed by atoms with E-state index in [1.54, 1.807) is 0 Å². The van der Waals surface area contributed by atoms with Crippen LogP contribution in [0.3, 0.4) is 0 Å². The van der Waals surface area contributed by atoms with Crippen LogP contribution < -0.4 is 14.8 Å².